The van der Waals surface area contributed by atoms with Gasteiger partial charge in [-0.25, -0.2) is 0 Å². The van der Waals surface area contributed by atoms with Gasteiger partial charge in [0.05, 0.1) is 6.54 Å². The summed E-state index contributed by atoms with van der Waals surface area (Å²) in [5.74, 6) is 0.347. The minimum absolute atomic E-state index is 0.0198. The molecule has 1 saturated heterocycles. The lowest BCUT2D eigenvalue weighted by Crippen LogP contribution is -2.45. The van der Waals surface area contributed by atoms with Crippen molar-refractivity contribution < 1.29 is 9.59 Å². The van der Waals surface area contributed by atoms with Crippen molar-refractivity contribution in [3.05, 3.63) is 29.3 Å². The molecule has 1 saturated carbocycles. The molecule has 2 fully saturated rings. The molecule has 0 atom stereocenters. The summed E-state index contributed by atoms with van der Waals surface area (Å²) in [4.78, 5) is 27.1. The van der Waals surface area contributed by atoms with E-state index in [1.165, 1.54) is 25.7 Å². The summed E-state index contributed by atoms with van der Waals surface area (Å²) in [5.41, 5.74) is 3.16. The lowest BCUT2D eigenvalue weighted by molar-refractivity contribution is -0.127. The number of hydrogen-bond donors (Lipinski definition) is 2. The number of hydrogen-bond acceptors (Lipinski definition) is 3. The second-order valence-corrected chi connectivity index (χ2v) is 8.67. The van der Waals surface area contributed by atoms with Crippen LogP contribution in [0.2, 0.25) is 0 Å². The maximum atomic E-state index is 12.6. The quantitative estimate of drug-likeness (QED) is 0.758. The number of likely N-dealkylation sites (tertiary alicyclic amines) is 1. The van der Waals surface area contributed by atoms with Crippen LogP contribution >= 0.6 is 0 Å². The highest BCUT2D eigenvalue weighted by Gasteiger charge is 2.27. The second-order valence-electron chi connectivity index (χ2n) is 8.67. The zero-order valence-electron chi connectivity index (χ0n) is 17.4. The van der Waals surface area contributed by atoms with Crippen LogP contribution in [0.15, 0.2) is 18.2 Å². The maximum absolute atomic E-state index is 12.6. The Bertz CT molecular complexity index is 652. The van der Waals surface area contributed by atoms with Gasteiger partial charge in [0.2, 0.25) is 11.8 Å². The molecule has 0 radical (unpaired) electrons. The van der Waals surface area contributed by atoms with Gasteiger partial charge in [-0.2, -0.15) is 0 Å². The molecule has 5 heteroatoms. The Labute approximate surface area is 169 Å². The molecule has 2 N–H and O–H groups in total. The zero-order valence-corrected chi connectivity index (χ0v) is 17.4. The van der Waals surface area contributed by atoms with Crippen molar-refractivity contribution in [1.29, 1.82) is 0 Å². The first-order valence-electron chi connectivity index (χ1n) is 10.9. The molecule has 3 rings (SSSR count). The van der Waals surface area contributed by atoms with Crippen LogP contribution in [0.3, 0.4) is 0 Å². The van der Waals surface area contributed by atoms with E-state index >= 15 is 0 Å². The van der Waals surface area contributed by atoms with Crippen LogP contribution < -0.4 is 10.6 Å². The van der Waals surface area contributed by atoms with Gasteiger partial charge in [-0.05, 0) is 75.9 Å². The highest BCUT2D eigenvalue weighted by molar-refractivity contribution is 5.92. The molecule has 1 heterocycles. The van der Waals surface area contributed by atoms with E-state index in [2.05, 4.69) is 21.6 Å². The number of carbonyl (C=O) groups is 2. The Morgan fingerprint density at radius 2 is 1.54 bits per heavy atom. The smallest absolute Gasteiger partial charge is 0.238 e. The summed E-state index contributed by atoms with van der Waals surface area (Å²) >= 11 is 0. The van der Waals surface area contributed by atoms with Gasteiger partial charge in [0.15, 0.2) is 0 Å². The maximum Gasteiger partial charge on any atom is 0.238 e. The summed E-state index contributed by atoms with van der Waals surface area (Å²) in [6.45, 7) is 6.08. The van der Waals surface area contributed by atoms with E-state index in [0.717, 1.165) is 55.6 Å². The van der Waals surface area contributed by atoms with Crippen LogP contribution in [0, 0.1) is 19.8 Å². The van der Waals surface area contributed by atoms with E-state index in [9.17, 15) is 9.59 Å². The van der Waals surface area contributed by atoms with Gasteiger partial charge in [-0.15, -0.1) is 0 Å². The van der Waals surface area contributed by atoms with E-state index in [4.69, 9.17) is 0 Å². The molecule has 2 aliphatic rings. The molecule has 1 aromatic rings. The monoisotopic (exact) mass is 385 g/mol. The van der Waals surface area contributed by atoms with Crippen molar-refractivity contribution in [2.45, 2.75) is 71.3 Å². The van der Waals surface area contributed by atoms with Crippen molar-refractivity contribution in [3.8, 4) is 0 Å². The Morgan fingerprint density at radius 1 is 0.929 bits per heavy atom. The summed E-state index contributed by atoms with van der Waals surface area (Å²) < 4.78 is 0. The predicted molar refractivity (Wildman–Crippen MR) is 113 cm³/mol. The van der Waals surface area contributed by atoms with Gasteiger partial charge in [-0.3, -0.25) is 14.5 Å². The third-order valence-electron chi connectivity index (χ3n) is 6.03. The van der Waals surface area contributed by atoms with Crippen molar-refractivity contribution >= 4 is 17.5 Å². The molecule has 1 aromatic carbocycles. The molecular formula is C23H35N3O2. The minimum atomic E-state index is 0.0198. The lowest BCUT2D eigenvalue weighted by Gasteiger charge is -2.31. The Hall–Kier alpha value is -1.88. The fourth-order valence-electron chi connectivity index (χ4n) is 4.55. The highest BCUT2D eigenvalue weighted by Crippen LogP contribution is 2.21. The van der Waals surface area contributed by atoms with Gasteiger partial charge in [0, 0.05) is 17.6 Å². The first-order chi connectivity index (χ1) is 13.5. The molecule has 0 spiro atoms. The Morgan fingerprint density at radius 3 is 2.14 bits per heavy atom. The van der Waals surface area contributed by atoms with Gasteiger partial charge >= 0.3 is 0 Å². The van der Waals surface area contributed by atoms with Crippen LogP contribution in [0.5, 0.6) is 0 Å². The second kappa shape index (κ2) is 10.1. The Balaban J connectivity index is 1.40. The standard InChI is InChI=1S/C23H35N3O2/c1-17-13-18(2)15-21(14-17)24-22(27)16-26-11-9-19(10-12-26)23(28)25-20-7-5-3-4-6-8-20/h13-15,19-20H,3-12,16H2,1-2H3,(H,24,27)(H,25,28). The van der Waals surface area contributed by atoms with Crippen LogP contribution in [-0.2, 0) is 9.59 Å². The third-order valence-corrected chi connectivity index (χ3v) is 6.03. The van der Waals surface area contributed by atoms with Crippen LogP contribution in [0.1, 0.15) is 62.5 Å². The minimum Gasteiger partial charge on any atom is -0.353 e. The topological polar surface area (TPSA) is 61.4 Å². The number of amides is 2. The van der Waals surface area contributed by atoms with E-state index in [-0.39, 0.29) is 17.7 Å². The molecule has 0 aromatic heterocycles. The van der Waals surface area contributed by atoms with Gasteiger partial charge in [-0.1, -0.05) is 31.7 Å². The molecule has 154 valence electrons. The number of piperidine rings is 1. The fourth-order valence-corrected chi connectivity index (χ4v) is 4.55. The van der Waals surface area contributed by atoms with E-state index in [0.29, 0.717) is 12.6 Å². The average Bonchev–Trinajstić information content (AvgIpc) is 2.90. The third kappa shape index (κ3) is 6.33. The number of nitrogens with one attached hydrogen (secondary N) is 2. The first kappa shape index (κ1) is 20.8. The average molecular weight is 386 g/mol. The Kier molecular flexibility index (Phi) is 7.49. The molecule has 1 aliphatic carbocycles. The van der Waals surface area contributed by atoms with Gasteiger partial charge in [0.25, 0.3) is 0 Å². The molecule has 5 nitrogen and oxygen atoms in total. The molecule has 1 aliphatic heterocycles. The van der Waals surface area contributed by atoms with Gasteiger partial charge < -0.3 is 10.6 Å². The molecule has 28 heavy (non-hydrogen) atoms. The summed E-state index contributed by atoms with van der Waals surface area (Å²) in [5, 5.41) is 6.30. The normalized spacial score (nSPS) is 19.8. The van der Waals surface area contributed by atoms with E-state index in [1.807, 2.05) is 26.0 Å². The van der Waals surface area contributed by atoms with Crippen LogP contribution in [0.25, 0.3) is 0 Å². The number of benzene rings is 1. The van der Waals surface area contributed by atoms with Crippen LogP contribution in [0.4, 0.5) is 5.69 Å². The number of anilines is 1. The fraction of sp³-hybridized carbons (Fsp3) is 0.652. The largest absolute Gasteiger partial charge is 0.353 e. The number of carbonyl (C=O) groups excluding carboxylic acids is 2. The van der Waals surface area contributed by atoms with E-state index < -0.39 is 0 Å². The zero-order chi connectivity index (χ0) is 19.9. The molecule has 0 bridgehead atoms. The molecule has 0 unspecified atom stereocenters. The van der Waals surface area contributed by atoms with Crippen molar-refractivity contribution in [3.63, 3.8) is 0 Å². The van der Waals surface area contributed by atoms with Crippen molar-refractivity contribution in [2.75, 3.05) is 25.0 Å². The number of rotatable bonds is 5. The summed E-state index contributed by atoms with van der Waals surface area (Å²) in [6, 6.07) is 6.46. The van der Waals surface area contributed by atoms with Crippen molar-refractivity contribution in [2.24, 2.45) is 5.92 Å². The SMILES string of the molecule is Cc1cc(C)cc(NC(=O)CN2CCC(C(=O)NC3CCCCCC3)CC2)c1. The molecular weight excluding hydrogens is 350 g/mol. The lowest BCUT2D eigenvalue weighted by atomic mass is 9.95. The van der Waals surface area contributed by atoms with Gasteiger partial charge in [0.1, 0.15) is 0 Å². The molecule has 2 amide bonds. The van der Waals surface area contributed by atoms with E-state index in [1.54, 1.807) is 0 Å². The highest BCUT2D eigenvalue weighted by atomic mass is 16.2. The first-order valence-corrected chi connectivity index (χ1v) is 10.9. The summed E-state index contributed by atoms with van der Waals surface area (Å²) in [7, 11) is 0. The predicted octanol–water partition coefficient (Wildman–Crippen LogP) is 3.79. The number of nitrogens with zero attached hydrogens (tertiary/aromatic N) is 1. The summed E-state index contributed by atoms with van der Waals surface area (Å²) in [6.07, 6.45) is 9.01. The van der Waals surface area contributed by atoms with Crippen molar-refractivity contribution in [1.82, 2.24) is 10.2 Å². The number of aryl methyl sites for hydroxylation is 2. The van der Waals surface area contributed by atoms with Crippen LogP contribution in [-0.4, -0.2) is 42.4 Å².